The molecule has 0 amide bonds. The Morgan fingerprint density at radius 2 is 2.06 bits per heavy atom. The third kappa shape index (κ3) is 2.98. The van der Waals surface area contributed by atoms with E-state index < -0.39 is 0 Å². The van der Waals surface area contributed by atoms with E-state index >= 15 is 0 Å². The van der Waals surface area contributed by atoms with Crippen LogP contribution in [-0.2, 0) is 0 Å². The Hall–Kier alpha value is -1.08. The van der Waals surface area contributed by atoms with E-state index in [1.54, 1.807) is 0 Å². The maximum atomic E-state index is 3.69. The lowest BCUT2D eigenvalue weighted by molar-refractivity contribution is 0.616. The molecule has 0 radical (unpaired) electrons. The Labute approximate surface area is 104 Å². The molecule has 3 rings (SSSR count). The van der Waals surface area contributed by atoms with Crippen LogP contribution in [0.25, 0.3) is 6.08 Å². The summed E-state index contributed by atoms with van der Waals surface area (Å²) in [5, 5.41) is 3.69. The summed E-state index contributed by atoms with van der Waals surface area (Å²) in [6, 6.07) is 11.4. The number of hydrogen-bond acceptors (Lipinski definition) is 1. The van der Waals surface area contributed by atoms with Crippen molar-refractivity contribution in [1.82, 2.24) is 5.32 Å². The van der Waals surface area contributed by atoms with Gasteiger partial charge in [0.15, 0.2) is 0 Å². The van der Waals surface area contributed by atoms with Gasteiger partial charge < -0.3 is 5.32 Å². The second kappa shape index (κ2) is 4.66. The molecule has 2 aliphatic rings. The predicted molar refractivity (Wildman–Crippen MR) is 72.7 cm³/mol. The van der Waals surface area contributed by atoms with Crippen molar-refractivity contribution < 1.29 is 0 Å². The fourth-order valence-corrected chi connectivity index (χ4v) is 2.48. The smallest absolute Gasteiger partial charge is 0.0139 e. The third-order valence-corrected chi connectivity index (χ3v) is 3.93. The summed E-state index contributed by atoms with van der Waals surface area (Å²) in [5.74, 6) is 1.78. The van der Waals surface area contributed by atoms with Crippen LogP contribution < -0.4 is 5.32 Å². The minimum atomic E-state index is 0.760. The molecule has 0 spiro atoms. The Morgan fingerprint density at radius 3 is 2.76 bits per heavy atom. The standard InChI is InChI=1S/C16H21N/c1-12(9-13-5-3-2-4-6-13)15-10-16(15)17-11-14-7-8-14/h2-6,9,14-17H,7-8,10-11H2,1H3/b12-9+. The Morgan fingerprint density at radius 1 is 1.29 bits per heavy atom. The predicted octanol–water partition coefficient (Wildman–Crippen LogP) is 3.48. The van der Waals surface area contributed by atoms with Crippen LogP contribution in [0.1, 0.15) is 31.7 Å². The number of hydrogen-bond donors (Lipinski definition) is 1. The molecule has 2 unspecified atom stereocenters. The van der Waals surface area contributed by atoms with Gasteiger partial charge in [0.25, 0.3) is 0 Å². The zero-order valence-electron chi connectivity index (χ0n) is 10.5. The van der Waals surface area contributed by atoms with Crippen molar-refractivity contribution in [1.29, 1.82) is 0 Å². The zero-order valence-corrected chi connectivity index (χ0v) is 10.5. The normalized spacial score (nSPS) is 28.2. The molecule has 0 aromatic heterocycles. The molecule has 1 aromatic rings. The first-order chi connectivity index (χ1) is 8.33. The summed E-state index contributed by atoms with van der Waals surface area (Å²) in [7, 11) is 0. The summed E-state index contributed by atoms with van der Waals surface area (Å²) < 4.78 is 0. The molecule has 17 heavy (non-hydrogen) atoms. The van der Waals surface area contributed by atoms with Gasteiger partial charge in [-0.2, -0.15) is 0 Å². The molecule has 1 N–H and O–H groups in total. The lowest BCUT2D eigenvalue weighted by atomic mass is 10.1. The Balaban J connectivity index is 1.53. The molecular weight excluding hydrogens is 206 g/mol. The summed E-state index contributed by atoms with van der Waals surface area (Å²) >= 11 is 0. The molecule has 2 fully saturated rings. The molecule has 1 heteroatoms. The summed E-state index contributed by atoms with van der Waals surface area (Å²) in [6.07, 6.45) is 6.57. The van der Waals surface area contributed by atoms with Crippen LogP contribution in [0.2, 0.25) is 0 Å². The van der Waals surface area contributed by atoms with E-state index in [2.05, 4.69) is 48.6 Å². The van der Waals surface area contributed by atoms with Gasteiger partial charge in [-0.15, -0.1) is 0 Å². The molecule has 0 heterocycles. The van der Waals surface area contributed by atoms with Gasteiger partial charge in [0, 0.05) is 6.04 Å². The minimum absolute atomic E-state index is 0.760. The minimum Gasteiger partial charge on any atom is -0.313 e. The van der Waals surface area contributed by atoms with Gasteiger partial charge in [0.05, 0.1) is 0 Å². The van der Waals surface area contributed by atoms with Gasteiger partial charge in [-0.1, -0.05) is 42.0 Å². The van der Waals surface area contributed by atoms with Gasteiger partial charge in [-0.3, -0.25) is 0 Å². The second-order valence-electron chi connectivity index (χ2n) is 5.60. The SMILES string of the molecule is C/C(=C\c1ccccc1)C1CC1NCC1CC1. The highest BCUT2D eigenvalue weighted by Gasteiger charge is 2.38. The maximum Gasteiger partial charge on any atom is 0.0139 e. The molecule has 2 atom stereocenters. The number of benzene rings is 1. The Bertz CT molecular complexity index is 403. The van der Waals surface area contributed by atoms with Crippen molar-refractivity contribution in [3.05, 3.63) is 41.5 Å². The highest BCUT2D eigenvalue weighted by molar-refractivity contribution is 5.53. The highest BCUT2D eigenvalue weighted by Crippen LogP contribution is 2.39. The van der Waals surface area contributed by atoms with Crippen LogP contribution >= 0.6 is 0 Å². The third-order valence-electron chi connectivity index (χ3n) is 3.93. The van der Waals surface area contributed by atoms with E-state index in [9.17, 15) is 0 Å². The van der Waals surface area contributed by atoms with Gasteiger partial charge in [-0.25, -0.2) is 0 Å². The van der Waals surface area contributed by atoms with E-state index in [1.807, 2.05) is 0 Å². The topological polar surface area (TPSA) is 12.0 Å². The Kier molecular flexibility index (Phi) is 3.02. The largest absolute Gasteiger partial charge is 0.313 e. The fraction of sp³-hybridized carbons (Fsp3) is 0.500. The van der Waals surface area contributed by atoms with Crippen LogP contribution in [0.3, 0.4) is 0 Å². The molecule has 0 aliphatic heterocycles. The summed E-state index contributed by atoms with van der Waals surface area (Å²) in [6.45, 7) is 3.52. The van der Waals surface area contributed by atoms with Gasteiger partial charge in [0.1, 0.15) is 0 Å². The lowest BCUT2D eigenvalue weighted by Crippen LogP contribution is -2.20. The van der Waals surface area contributed by atoms with Crippen molar-refractivity contribution in [2.75, 3.05) is 6.54 Å². The molecule has 2 aliphatic carbocycles. The first-order valence-corrected chi connectivity index (χ1v) is 6.79. The first-order valence-electron chi connectivity index (χ1n) is 6.79. The van der Waals surface area contributed by atoms with Gasteiger partial charge >= 0.3 is 0 Å². The van der Waals surface area contributed by atoms with E-state index in [0.717, 1.165) is 17.9 Å². The van der Waals surface area contributed by atoms with Gasteiger partial charge in [0.2, 0.25) is 0 Å². The van der Waals surface area contributed by atoms with E-state index in [1.165, 1.54) is 36.9 Å². The van der Waals surface area contributed by atoms with Crippen molar-refractivity contribution in [3.63, 3.8) is 0 Å². The van der Waals surface area contributed by atoms with Crippen LogP contribution in [0.5, 0.6) is 0 Å². The van der Waals surface area contributed by atoms with E-state index in [4.69, 9.17) is 0 Å². The molecule has 1 aromatic carbocycles. The van der Waals surface area contributed by atoms with E-state index in [-0.39, 0.29) is 0 Å². The summed E-state index contributed by atoms with van der Waals surface area (Å²) in [5.41, 5.74) is 2.86. The number of rotatable bonds is 5. The van der Waals surface area contributed by atoms with Crippen LogP contribution in [0.15, 0.2) is 35.9 Å². The van der Waals surface area contributed by atoms with Crippen molar-refractivity contribution in [3.8, 4) is 0 Å². The molecular formula is C16H21N. The van der Waals surface area contributed by atoms with Gasteiger partial charge in [-0.05, 0) is 50.1 Å². The maximum absolute atomic E-state index is 3.69. The van der Waals surface area contributed by atoms with Crippen LogP contribution in [0, 0.1) is 11.8 Å². The van der Waals surface area contributed by atoms with E-state index in [0.29, 0.717) is 0 Å². The quantitative estimate of drug-likeness (QED) is 0.812. The number of nitrogens with one attached hydrogen (secondary N) is 1. The average molecular weight is 227 g/mol. The molecule has 90 valence electrons. The molecule has 0 bridgehead atoms. The second-order valence-corrected chi connectivity index (χ2v) is 5.60. The highest BCUT2D eigenvalue weighted by atomic mass is 15.0. The molecule has 2 saturated carbocycles. The summed E-state index contributed by atoms with van der Waals surface area (Å²) in [4.78, 5) is 0. The monoisotopic (exact) mass is 227 g/mol. The van der Waals surface area contributed by atoms with Crippen molar-refractivity contribution in [2.45, 2.75) is 32.2 Å². The van der Waals surface area contributed by atoms with Crippen molar-refractivity contribution in [2.24, 2.45) is 11.8 Å². The first kappa shape index (κ1) is 11.0. The average Bonchev–Trinajstić information content (AvgIpc) is 3.22. The fourth-order valence-electron chi connectivity index (χ4n) is 2.48. The van der Waals surface area contributed by atoms with Crippen molar-refractivity contribution >= 4 is 6.08 Å². The van der Waals surface area contributed by atoms with Crippen LogP contribution in [0.4, 0.5) is 0 Å². The lowest BCUT2D eigenvalue weighted by Gasteiger charge is -2.03. The van der Waals surface area contributed by atoms with Crippen LogP contribution in [-0.4, -0.2) is 12.6 Å². The zero-order chi connectivity index (χ0) is 11.7. The molecule has 1 nitrogen and oxygen atoms in total. The molecule has 0 saturated heterocycles.